The largest absolute Gasteiger partial charge is 0.377 e. The van der Waals surface area contributed by atoms with Crippen LogP contribution in [0, 0.1) is 0 Å². The molecule has 29 heavy (non-hydrogen) atoms. The average molecular weight is 388 g/mol. The first kappa shape index (κ1) is 19.0. The van der Waals surface area contributed by atoms with Crippen molar-refractivity contribution in [2.24, 2.45) is 0 Å². The first-order valence-corrected chi connectivity index (χ1v) is 9.74. The minimum Gasteiger partial charge on any atom is -0.377 e. The molecule has 4 rings (SSSR count). The molecule has 1 aromatic carbocycles. The zero-order chi connectivity index (χ0) is 20.2. The Morgan fingerprint density at radius 1 is 1.03 bits per heavy atom. The zero-order valence-corrected chi connectivity index (χ0v) is 16.6. The van der Waals surface area contributed by atoms with Crippen LogP contribution >= 0.6 is 0 Å². The predicted molar refractivity (Wildman–Crippen MR) is 113 cm³/mol. The first-order valence-electron chi connectivity index (χ1n) is 9.74. The molecule has 0 unspecified atom stereocenters. The summed E-state index contributed by atoms with van der Waals surface area (Å²) in [5, 5.41) is 7.29. The highest BCUT2D eigenvalue weighted by Crippen LogP contribution is 2.23. The highest BCUT2D eigenvalue weighted by Gasteiger charge is 2.15. The minimum atomic E-state index is -0.177. The fourth-order valence-corrected chi connectivity index (χ4v) is 3.27. The molecular formula is C23H24N4O2. The molecule has 0 aliphatic carbocycles. The van der Waals surface area contributed by atoms with Crippen LogP contribution in [-0.2, 0) is 4.74 Å². The number of aromatic nitrogens is 3. The number of ether oxygens (including phenoxy) is 1. The minimum absolute atomic E-state index is 0.142. The molecular weight excluding hydrogens is 364 g/mol. The Hall–Kier alpha value is -3.38. The summed E-state index contributed by atoms with van der Waals surface area (Å²) in [7, 11) is 0. The summed E-state index contributed by atoms with van der Waals surface area (Å²) in [5.74, 6) is 0.635. The maximum absolute atomic E-state index is 12.7. The van der Waals surface area contributed by atoms with E-state index < -0.39 is 0 Å². The molecule has 0 radical (unpaired) electrons. The van der Waals surface area contributed by atoms with E-state index in [1.165, 1.54) is 0 Å². The lowest BCUT2D eigenvalue weighted by molar-refractivity contribution is 0.0744. The van der Waals surface area contributed by atoms with Crippen LogP contribution in [0.15, 0.2) is 73.1 Å². The van der Waals surface area contributed by atoms with E-state index in [0.29, 0.717) is 18.8 Å². The van der Waals surface area contributed by atoms with E-state index in [1.54, 1.807) is 16.9 Å². The Labute approximate surface area is 169 Å². The van der Waals surface area contributed by atoms with Gasteiger partial charge in [-0.15, -0.1) is 0 Å². The number of hydrogen-bond acceptors (Lipinski definition) is 3. The Kier molecular flexibility index (Phi) is 5.44. The number of carbonyl (C=O) groups excluding carboxylic acids is 1. The van der Waals surface area contributed by atoms with Gasteiger partial charge in [0, 0.05) is 18.3 Å². The first-order chi connectivity index (χ1) is 14.1. The number of pyridine rings is 1. The van der Waals surface area contributed by atoms with Crippen molar-refractivity contribution in [2.45, 2.75) is 20.0 Å². The molecule has 0 saturated heterocycles. The molecule has 6 heteroatoms. The number of nitrogens with zero attached hydrogens (tertiary/aromatic N) is 3. The van der Waals surface area contributed by atoms with Crippen molar-refractivity contribution in [3.8, 4) is 16.9 Å². The maximum Gasteiger partial charge on any atom is 0.270 e. The van der Waals surface area contributed by atoms with Gasteiger partial charge in [0.1, 0.15) is 11.5 Å². The van der Waals surface area contributed by atoms with Gasteiger partial charge >= 0.3 is 0 Å². The van der Waals surface area contributed by atoms with Crippen LogP contribution in [0.3, 0.4) is 0 Å². The second kappa shape index (κ2) is 8.32. The van der Waals surface area contributed by atoms with Gasteiger partial charge in [-0.3, -0.25) is 4.79 Å². The number of nitrogens with one attached hydrogen (secondary N) is 1. The molecule has 1 amide bonds. The summed E-state index contributed by atoms with van der Waals surface area (Å²) < 4.78 is 9.20. The normalized spacial score (nSPS) is 11.3. The molecule has 6 nitrogen and oxygen atoms in total. The van der Waals surface area contributed by atoms with Crippen LogP contribution in [0.4, 0.5) is 0 Å². The van der Waals surface area contributed by atoms with Crippen molar-refractivity contribution in [2.75, 3.05) is 13.2 Å². The van der Waals surface area contributed by atoms with Crippen molar-refractivity contribution in [3.63, 3.8) is 0 Å². The van der Waals surface area contributed by atoms with E-state index in [1.807, 2.05) is 48.6 Å². The number of hydrogen-bond donors (Lipinski definition) is 1. The molecule has 0 bridgehead atoms. The van der Waals surface area contributed by atoms with Gasteiger partial charge in [-0.1, -0.05) is 36.4 Å². The lowest BCUT2D eigenvalue weighted by Crippen LogP contribution is -2.30. The van der Waals surface area contributed by atoms with Crippen molar-refractivity contribution >= 4 is 11.4 Å². The Bertz CT molecular complexity index is 1110. The van der Waals surface area contributed by atoms with Gasteiger partial charge in [-0.05, 0) is 49.2 Å². The van der Waals surface area contributed by atoms with Crippen LogP contribution in [0.25, 0.3) is 22.5 Å². The Morgan fingerprint density at radius 2 is 1.83 bits per heavy atom. The second-order valence-corrected chi connectivity index (χ2v) is 7.07. The molecule has 148 valence electrons. The summed E-state index contributed by atoms with van der Waals surface area (Å²) in [5.41, 5.74) is 3.75. The summed E-state index contributed by atoms with van der Waals surface area (Å²) >= 11 is 0. The third kappa shape index (κ3) is 4.07. The molecule has 0 atom stereocenters. The Balaban J connectivity index is 1.62. The van der Waals surface area contributed by atoms with Gasteiger partial charge < -0.3 is 14.5 Å². The number of rotatable bonds is 7. The number of fused-ring (bicyclic) bond motifs is 1. The third-order valence-corrected chi connectivity index (χ3v) is 4.67. The number of benzene rings is 1. The van der Waals surface area contributed by atoms with E-state index in [4.69, 9.17) is 4.74 Å². The summed E-state index contributed by atoms with van der Waals surface area (Å²) in [6, 6.07) is 20.1. The molecule has 3 aromatic heterocycles. The molecule has 1 N–H and O–H groups in total. The number of carbonyl (C=O) groups is 1. The van der Waals surface area contributed by atoms with Gasteiger partial charge in [-0.25, -0.2) is 4.68 Å². The highest BCUT2D eigenvalue weighted by atomic mass is 16.5. The fourth-order valence-electron chi connectivity index (χ4n) is 3.27. The van der Waals surface area contributed by atoms with E-state index in [2.05, 4.69) is 40.9 Å². The average Bonchev–Trinajstić information content (AvgIpc) is 3.37. The second-order valence-electron chi connectivity index (χ2n) is 7.07. The van der Waals surface area contributed by atoms with Gasteiger partial charge in [0.2, 0.25) is 0 Å². The number of amides is 1. The summed E-state index contributed by atoms with van der Waals surface area (Å²) in [6.07, 6.45) is 3.85. The topological polar surface area (TPSA) is 60.6 Å². The van der Waals surface area contributed by atoms with Crippen LogP contribution in [0.1, 0.15) is 24.3 Å². The quantitative estimate of drug-likeness (QED) is 0.488. The van der Waals surface area contributed by atoms with E-state index in [-0.39, 0.29) is 12.0 Å². The van der Waals surface area contributed by atoms with Gasteiger partial charge in [-0.2, -0.15) is 5.10 Å². The summed E-state index contributed by atoms with van der Waals surface area (Å²) in [6.45, 7) is 4.87. The smallest absolute Gasteiger partial charge is 0.270 e. The van der Waals surface area contributed by atoms with Gasteiger partial charge in [0.05, 0.1) is 18.9 Å². The lowest BCUT2D eigenvalue weighted by Gasteiger charge is -2.11. The van der Waals surface area contributed by atoms with E-state index in [0.717, 1.165) is 22.5 Å². The van der Waals surface area contributed by atoms with Crippen LogP contribution < -0.4 is 5.32 Å². The predicted octanol–water partition coefficient (Wildman–Crippen LogP) is 3.95. The molecule has 3 heterocycles. The van der Waals surface area contributed by atoms with Crippen LogP contribution in [0.5, 0.6) is 0 Å². The van der Waals surface area contributed by atoms with Crippen molar-refractivity contribution in [1.82, 2.24) is 19.5 Å². The van der Waals surface area contributed by atoms with Crippen LogP contribution in [-0.4, -0.2) is 39.3 Å². The van der Waals surface area contributed by atoms with E-state index in [9.17, 15) is 4.79 Å². The lowest BCUT2D eigenvalue weighted by atomic mass is 10.1. The van der Waals surface area contributed by atoms with Crippen molar-refractivity contribution in [3.05, 3.63) is 78.8 Å². The fraction of sp³-hybridized carbons (Fsp3) is 0.217. The van der Waals surface area contributed by atoms with Crippen molar-refractivity contribution < 1.29 is 9.53 Å². The van der Waals surface area contributed by atoms with E-state index >= 15 is 0 Å². The third-order valence-electron chi connectivity index (χ3n) is 4.67. The molecule has 4 aromatic rings. The van der Waals surface area contributed by atoms with Crippen LogP contribution in [0.2, 0.25) is 0 Å². The molecule has 0 spiro atoms. The monoisotopic (exact) mass is 388 g/mol. The van der Waals surface area contributed by atoms with Gasteiger partial charge in [0.25, 0.3) is 5.91 Å². The standard InChI is InChI=1S/C23H24N4O2/c1-17(2)29-15-14-24-23(28)21-12-13-25-27(21)22-11-10-20-9-8-19(16-26(20)22)18-6-4-3-5-7-18/h3-13,16-17H,14-15H2,1-2H3,(H,24,28). The highest BCUT2D eigenvalue weighted by molar-refractivity contribution is 5.93. The zero-order valence-electron chi connectivity index (χ0n) is 16.6. The van der Waals surface area contributed by atoms with Gasteiger partial charge in [0.15, 0.2) is 0 Å². The SMILES string of the molecule is CC(C)OCCNC(=O)c1ccnn1-c1ccc2ccc(-c3ccccc3)cn12. The Morgan fingerprint density at radius 3 is 2.62 bits per heavy atom. The molecule has 0 aliphatic rings. The summed E-state index contributed by atoms with van der Waals surface area (Å²) in [4.78, 5) is 12.7. The maximum atomic E-state index is 12.7. The molecule has 0 saturated carbocycles. The van der Waals surface area contributed by atoms with Crippen molar-refractivity contribution in [1.29, 1.82) is 0 Å². The molecule has 0 fully saturated rings. The molecule has 0 aliphatic heterocycles.